The molecule has 1 aromatic rings. The zero-order valence-electron chi connectivity index (χ0n) is 15.3. The minimum absolute atomic E-state index is 0.0563. The van der Waals surface area contributed by atoms with Gasteiger partial charge in [-0.3, -0.25) is 9.79 Å². The Morgan fingerprint density at radius 1 is 1.31 bits per heavy atom. The quantitative estimate of drug-likeness (QED) is 0.525. The number of nitrogens with one attached hydrogen (secondary N) is 3. The molecule has 0 spiro atoms. The van der Waals surface area contributed by atoms with Crippen molar-refractivity contribution in [3.63, 3.8) is 0 Å². The third kappa shape index (κ3) is 5.64. The van der Waals surface area contributed by atoms with Gasteiger partial charge in [-0.1, -0.05) is 12.1 Å². The van der Waals surface area contributed by atoms with Gasteiger partial charge in [0.05, 0.1) is 0 Å². The van der Waals surface area contributed by atoms with Crippen LogP contribution < -0.4 is 16.0 Å². The van der Waals surface area contributed by atoms with Gasteiger partial charge in [0, 0.05) is 37.7 Å². The van der Waals surface area contributed by atoms with Crippen molar-refractivity contribution in [2.45, 2.75) is 43.6 Å². The van der Waals surface area contributed by atoms with E-state index in [0.717, 1.165) is 36.6 Å². The van der Waals surface area contributed by atoms with Crippen LogP contribution in [-0.4, -0.2) is 49.2 Å². The molecule has 0 radical (unpaired) electrons. The Kier molecular flexibility index (Phi) is 7.20. The van der Waals surface area contributed by atoms with Crippen LogP contribution in [0.4, 0.5) is 5.69 Å². The largest absolute Gasteiger partial charge is 0.368 e. The first-order valence-electron chi connectivity index (χ1n) is 9.32. The smallest absolute Gasteiger partial charge is 0.253 e. The van der Waals surface area contributed by atoms with Crippen LogP contribution >= 0.6 is 11.8 Å². The molecule has 2 atom stereocenters. The first-order valence-corrected chi connectivity index (χ1v) is 10.4. The fraction of sp³-hybridized carbons (Fsp3) is 0.579. The van der Waals surface area contributed by atoms with E-state index in [0.29, 0.717) is 18.4 Å². The summed E-state index contributed by atoms with van der Waals surface area (Å²) in [5.41, 5.74) is 1.89. The fourth-order valence-electron chi connectivity index (χ4n) is 3.19. The highest BCUT2D eigenvalue weighted by Crippen LogP contribution is 2.25. The molecule has 0 aliphatic carbocycles. The summed E-state index contributed by atoms with van der Waals surface area (Å²) in [6.45, 7) is 2.27. The Hall–Kier alpha value is -1.73. The third-order valence-electron chi connectivity index (χ3n) is 4.62. The first-order chi connectivity index (χ1) is 12.7. The minimum atomic E-state index is -0.312. The van der Waals surface area contributed by atoms with Gasteiger partial charge in [-0.05, 0) is 49.1 Å². The molecule has 7 heteroatoms. The summed E-state index contributed by atoms with van der Waals surface area (Å²) in [7, 11) is 1.79. The number of guanidine groups is 1. The Balaban J connectivity index is 1.47. The number of hydrogen-bond acceptors (Lipinski definition) is 4. The highest BCUT2D eigenvalue weighted by atomic mass is 32.2. The van der Waals surface area contributed by atoms with Crippen molar-refractivity contribution in [3.8, 4) is 0 Å². The molecule has 2 aliphatic rings. The van der Waals surface area contributed by atoms with Gasteiger partial charge in [0.2, 0.25) is 0 Å². The summed E-state index contributed by atoms with van der Waals surface area (Å²) in [5, 5.41) is 10.4. The lowest BCUT2D eigenvalue weighted by Gasteiger charge is -2.15. The maximum Gasteiger partial charge on any atom is 0.253 e. The molecule has 0 aromatic heterocycles. The number of anilines is 1. The molecule has 2 heterocycles. The van der Waals surface area contributed by atoms with Gasteiger partial charge in [-0.25, -0.2) is 0 Å². The molecule has 26 heavy (non-hydrogen) atoms. The summed E-state index contributed by atoms with van der Waals surface area (Å²) in [4.78, 5) is 16.5. The Labute approximate surface area is 159 Å². The van der Waals surface area contributed by atoms with Gasteiger partial charge in [-0.15, -0.1) is 0 Å². The maximum atomic E-state index is 12.2. The number of thioether (sulfide) groups is 1. The van der Waals surface area contributed by atoms with Crippen molar-refractivity contribution < 1.29 is 9.53 Å². The van der Waals surface area contributed by atoms with E-state index in [4.69, 9.17) is 4.74 Å². The van der Waals surface area contributed by atoms with E-state index in [1.54, 1.807) is 7.05 Å². The molecule has 1 amide bonds. The second-order valence-electron chi connectivity index (χ2n) is 6.63. The first kappa shape index (κ1) is 19.0. The molecule has 2 saturated heterocycles. The Morgan fingerprint density at radius 3 is 2.96 bits per heavy atom. The van der Waals surface area contributed by atoms with Gasteiger partial charge in [0.25, 0.3) is 5.91 Å². The van der Waals surface area contributed by atoms with Crippen molar-refractivity contribution in [1.29, 1.82) is 0 Å². The van der Waals surface area contributed by atoms with E-state index in [1.165, 1.54) is 18.6 Å². The lowest BCUT2D eigenvalue weighted by Crippen LogP contribution is -2.39. The SMILES string of the molecule is CN=C(NCc1cccc(NC(=O)C2CCCO2)c1)NCC1CCCS1. The van der Waals surface area contributed by atoms with Crippen molar-refractivity contribution in [1.82, 2.24) is 10.6 Å². The van der Waals surface area contributed by atoms with Crippen LogP contribution in [0.2, 0.25) is 0 Å². The van der Waals surface area contributed by atoms with Crippen LogP contribution in [0.15, 0.2) is 29.3 Å². The van der Waals surface area contributed by atoms with Crippen LogP contribution in [0.3, 0.4) is 0 Å². The number of carbonyl (C=O) groups is 1. The normalized spacial score (nSPS) is 23.0. The fourth-order valence-corrected chi connectivity index (χ4v) is 4.39. The van der Waals surface area contributed by atoms with Crippen LogP contribution in [0, 0.1) is 0 Å². The van der Waals surface area contributed by atoms with E-state index in [9.17, 15) is 4.79 Å². The molecular weight excluding hydrogens is 348 g/mol. The van der Waals surface area contributed by atoms with Gasteiger partial charge in [0.1, 0.15) is 6.10 Å². The molecule has 6 nitrogen and oxygen atoms in total. The van der Waals surface area contributed by atoms with Crippen LogP contribution in [0.5, 0.6) is 0 Å². The lowest BCUT2D eigenvalue weighted by atomic mass is 10.2. The number of amides is 1. The highest BCUT2D eigenvalue weighted by molar-refractivity contribution is 8.00. The summed E-state index contributed by atoms with van der Waals surface area (Å²) in [5.74, 6) is 2.02. The molecule has 3 rings (SSSR count). The van der Waals surface area contributed by atoms with Crippen molar-refractivity contribution in [2.75, 3.05) is 31.3 Å². The zero-order chi connectivity index (χ0) is 18.2. The number of rotatable bonds is 6. The molecule has 142 valence electrons. The highest BCUT2D eigenvalue weighted by Gasteiger charge is 2.23. The van der Waals surface area contributed by atoms with Gasteiger partial charge < -0.3 is 20.7 Å². The van der Waals surface area contributed by atoms with Crippen LogP contribution in [0.1, 0.15) is 31.2 Å². The lowest BCUT2D eigenvalue weighted by molar-refractivity contribution is -0.124. The summed E-state index contributed by atoms with van der Waals surface area (Å²) in [6, 6.07) is 7.88. The van der Waals surface area contributed by atoms with Crippen LogP contribution in [0.25, 0.3) is 0 Å². The van der Waals surface area contributed by atoms with E-state index in [-0.39, 0.29) is 12.0 Å². The van der Waals surface area contributed by atoms with Crippen molar-refractivity contribution >= 4 is 29.3 Å². The number of aliphatic imine (C=N–C) groups is 1. The van der Waals surface area contributed by atoms with Gasteiger partial charge in [0.15, 0.2) is 5.96 Å². The predicted octanol–water partition coefficient (Wildman–Crippen LogP) is 2.36. The molecule has 2 fully saturated rings. The van der Waals surface area contributed by atoms with E-state index in [1.807, 2.05) is 36.0 Å². The number of nitrogens with zero attached hydrogens (tertiary/aromatic N) is 1. The Bertz CT molecular complexity index is 626. The summed E-state index contributed by atoms with van der Waals surface area (Å²) in [6.07, 6.45) is 4.03. The monoisotopic (exact) mass is 376 g/mol. The number of hydrogen-bond donors (Lipinski definition) is 3. The zero-order valence-corrected chi connectivity index (χ0v) is 16.1. The Morgan fingerprint density at radius 2 is 2.23 bits per heavy atom. The van der Waals surface area contributed by atoms with Crippen molar-refractivity contribution in [2.24, 2.45) is 4.99 Å². The van der Waals surface area contributed by atoms with Crippen molar-refractivity contribution in [3.05, 3.63) is 29.8 Å². The van der Waals surface area contributed by atoms with E-state index in [2.05, 4.69) is 20.9 Å². The number of ether oxygens (including phenoxy) is 1. The van der Waals surface area contributed by atoms with Gasteiger partial charge in [-0.2, -0.15) is 11.8 Å². The molecule has 2 aliphatic heterocycles. The topological polar surface area (TPSA) is 74.8 Å². The average molecular weight is 377 g/mol. The number of carbonyl (C=O) groups excluding carboxylic acids is 1. The van der Waals surface area contributed by atoms with Gasteiger partial charge >= 0.3 is 0 Å². The van der Waals surface area contributed by atoms with E-state index >= 15 is 0 Å². The standard InChI is InChI=1S/C19H28N4O2S/c1-20-19(22-13-16-7-4-10-26-16)21-12-14-5-2-6-15(11-14)23-18(24)17-8-3-9-25-17/h2,5-6,11,16-17H,3-4,7-10,12-13H2,1H3,(H,23,24)(H2,20,21,22). The predicted molar refractivity (Wildman–Crippen MR) is 108 cm³/mol. The molecular formula is C19H28N4O2S. The molecule has 0 saturated carbocycles. The maximum absolute atomic E-state index is 12.2. The summed E-state index contributed by atoms with van der Waals surface area (Å²) >= 11 is 2.03. The van der Waals surface area contributed by atoms with Crippen LogP contribution in [-0.2, 0) is 16.1 Å². The summed E-state index contributed by atoms with van der Waals surface area (Å²) < 4.78 is 5.43. The molecule has 2 unspecified atom stereocenters. The average Bonchev–Trinajstić information content (AvgIpc) is 3.36. The minimum Gasteiger partial charge on any atom is -0.368 e. The third-order valence-corrected chi connectivity index (χ3v) is 6.02. The number of benzene rings is 1. The molecule has 0 bridgehead atoms. The van der Waals surface area contributed by atoms with E-state index < -0.39 is 0 Å². The second kappa shape index (κ2) is 9.83. The molecule has 3 N–H and O–H groups in total. The second-order valence-corrected chi connectivity index (χ2v) is 8.04. The molecule has 1 aromatic carbocycles.